The predicted octanol–water partition coefficient (Wildman–Crippen LogP) is 0.636. The molecule has 0 aromatic heterocycles. The maximum absolute atomic E-state index is 9.66. The van der Waals surface area contributed by atoms with Crippen LogP contribution in [0.25, 0.3) is 0 Å². The van der Waals surface area contributed by atoms with Gasteiger partial charge < -0.3 is 0 Å². The summed E-state index contributed by atoms with van der Waals surface area (Å²) in [5.74, 6) is 0. The van der Waals surface area contributed by atoms with E-state index in [-0.39, 0.29) is 0 Å². The first kappa shape index (κ1) is 5.86. The van der Waals surface area contributed by atoms with Crippen molar-refractivity contribution in [3.63, 3.8) is 0 Å². The van der Waals surface area contributed by atoms with Crippen LogP contribution < -0.4 is 0 Å². The summed E-state index contributed by atoms with van der Waals surface area (Å²) in [4.78, 5) is 0. The Kier molecular flexibility index (Phi) is 2.06. The molecule has 0 saturated carbocycles. The second kappa shape index (κ2) is 2.11. The molecule has 0 heterocycles. The topological polar surface area (TPSA) is 37.4 Å². The maximum atomic E-state index is 9.66. The molecular weight excluding hydrogens is 101 g/mol. The maximum Gasteiger partial charge on any atom is 0.398 e. The first-order valence-corrected chi connectivity index (χ1v) is 2.59. The third-order valence-corrected chi connectivity index (χ3v) is 0.980. The van der Waals surface area contributed by atoms with E-state index in [1.54, 1.807) is 0 Å². The highest BCUT2D eigenvalue weighted by Gasteiger charge is 1.87. The Morgan fingerprint density at radius 2 is 1.50 bits per heavy atom. The van der Waals surface area contributed by atoms with Crippen LogP contribution >= 0.6 is 7.83 Å². The highest BCUT2D eigenvalue weighted by atomic mass is 31.1. The number of hydrogen-bond acceptors (Lipinski definition) is 2. The van der Waals surface area contributed by atoms with E-state index in [1.165, 1.54) is 14.1 Å². The van der Waals surface area contributed by atoms with Gasteiger partial charge in [-0.05, 0) is 0 Å². The highest BCUT2D eigenvalue weighted by Crippen LogP contribution is 2.02. The van der Waals surface area contributed by atoms with Crippen LogP contribution in [0.5, 0.6) is 0 Å². The molecule has 0 amide bonds. The molecular formula is C2H6NO2P. The highest BCUT2D eigenvalue weighted by molar-refractivity contribution is 7.27. The Balaban J connectivity index is 3.57. The molecule has 0 aromatic carbocycles. The number of rotatable bonds is 1. The van der Waals surface area contributed by atoms with Crippen molar-refractivity contribution >= 4 is 7.83 Å². The predicted molar refractivity (Wildman–Crippen MR) is 22.0 cm³/mol. The molecule has 0 aliphatic carbocycles. The van der Waals surface area contributed by atoms with Gasteiger partial charge in [0, 0.05) is 14.1 Å². The van der Waals surface area contributed by atoms with E-state index in [4.69, 9.17) is 0 Å². The van der Waals surface area contributed by atoms with Crippen molar-refractivity contribution in [2.24, 2.45) is 0 Å². The number of nitrogens with zero attached hydrogens (tertiary/aromatic N) is 1. The molecule has 0 N–H and O–H groups in total. The van der Waals surface area contributed by atoms with Gasteiger partial charge in [0.2, 0.25) is 0 Å². The first-order chi connectivity index (χ1) is 2.64. The minimum Gasteiger partial charge on any atom is -0.218 e. The molecule has 0 atom stereocenters. The van der Waals surface area contributed by atoms with Gasteiger partial charge in [0.05, 0.1) is 0 Å². The van der Waals surface area contributed by atoms with Gasteiger partial charge in [-0.15, -0.1) is 0 Å². The third kappa shape index (κ3) is 2.12. The summed E-state index contributed by atoms with van der Waals surface area (Å²) in [6.45, 7) is 0. The molecule has 0 saturated heterocycles. The molecule has 0 bridgehead atoms. The summed E-state index contributed by atoms with van der Waals surface area (Å²) in [5, 5.41) is 0. The SMILES string of the molecule is CN(C)P(=O)=O. The standard InChI is InChI=1S/C2H6NO2P/c1-3(2)6(4)5/h1-2H3. The van der Waals surface area contributed by atoms with Crippen LogP contribution in [0, 0.1) is 0 Å². The van der Waals surface area contributed by atoms with Gasteiger partial charge in [0.25, 0.3) is 0 Å². The van der Waals surface area contributed by atoms with Gasteiger partial charge >= 0.3 is 7.83 Å². The van der Waals surface area contributed by atoms with Gasteiger partial charge in [-0.25, -0.2) is 13.8 Å². The van der Waals surface area contributed by atoms with E-state index in [0.717, 1.165) is 4.67 Å². The number of hydrogen-bond donors (Lipinski definition) is 0. The summed E-state index contributed by atoms with van der Waals surface area (Å²) in [5.41, 5.74) is 0. The molecule has 36 valence electrons. The third-order valence-electron chi connectivity index (χ3n) is 0.327. The molecule has 0 spiro atoms. The fourth-order valence-corrected chi connectivity index (χ4v) is 0. The monoisotopic (exact) mass is 107 g/mol. The van der Waals surface area contributed by atoms with Crippen molar-refractivity contribution < 1.29 is 9.13 Å². The van der Waals surface area contributed by atoms with E-state index in [9.17, 15) is 9.13 Å². The molecule has 0 unspecified atom stereocenters. The van der Waals surface area contributed by atoms with Gasteiger partial charge in [-0.2, -0.15) is 0 Å². The summed E-state index contributed by atoms with van der Waals surface area (Å²) >= 11 is 0. The Bertz CT molecular complexity index is 87.7. The van der Waals surface area contributed by atoms with Crippen molar-refractivity contribution in [3.05, 3.63) is 0 Å². The molecule has 6 heavy (non-hydrogen) atoms. The van der Waals surface area contributed by atoms with Gasteiger partial charge in [-0.3, -0.25) is 0 Å². The molecule has 3 nitrogen and oxygen atoms in total. The van der Waals surface area contributed by atoms with Crippen LogP contribution in [-0.2, 0) is 9.13 Å². The first-order valence-electron chi connectivity index (χ1n) is 1.46. The van der Waals surface area contributed by atoms with E-state index in [0.29, 0.717) is 0 Å². The summed E-state index contributed by atoms with van der Waals surface area (Å²) in [6.07, 6.45) is 0. The molecule has 0 fully saturated rings. The van der Waals surface area contributed by atoms with Crippen molar-refractivity contribution in [1.29, 1.82) is 0 Å². The minimum atomic E-state index is -2.33. The van der Waals surface area contributed by atoms with Crippen molar-refractivity contribution in [2.75, 3.05) is 14.1 Å². The zero-order valence-electron chi connectivity index (χ0n) is 3.71. The van der Waals surface area contributed by atoms with E-state index >= 15 is 0 Å². The average molecular weight is 107 g/mol. The Labute approximate surface area is 36.8 Å². The Morgan fingerprint density at radius 3 is 1.50 bits per heavy atom. The van der Waals surface area contributed by atoms with Crippen LogP contribution in [0.4, 0.5) is 0 Å². The van der Waals surface area contributed by atoms with Crippen molar-refractivity contribution in [1.82, 2.24) is 4.67 Å². The van der Waals surface area contributed by atoms with E-state index in [2.05, 4.69) is 0 Å². The minimum absolute atomic E-state index is 1.12. The summed E-state index contributed by atoms with van der Waals surface area (Å²) in [6, 6.07) is 0. The molecule has 0 aliphatic rings. The van der Waals surface area contributed by atoms with Crippen molar-refractivity contribution in [2.45, 2.75) is 0 Å². The zero-order valence-corrected chi connectivity index (χ0v) is 4.61. The van der Waals surface area contributed by atoms with Gasteiger partial charge in [0.15, 0.2) is 0 Å². The molecule has 0 rings (SSSR count). The Hall–Kier alpha value is -0.140. The van der Waals surface area contributed by atoms with Crippen LogP contribution in [0.1, 0.15) is 0 Å². The molecule has 0 aromatic rings. The summed E-state index contributed by atoms with van der Waals surface area (Å²) < 4.78 is 20.4. The summed E-state index contributed by atoms with van der Waals surface area (Å²) in [7, 11) is 0.630. The van der Waals surface area contributed by atoms with Crippen LogP contribution in [0.3, 0.4) is 0 Å². The van der Waals surface area contributed by atoms with Gasteiger partial charge in [0.1, 0.15) is 0 Å². The lowest BCUT2D eigenvalue weighted by Gasteiger charge is -1.87. The van der Waals surface area contributed by atoms with E-state index < -0.39 is 7.83 Å². The normalized spacial score (nSPS) is 9.17. The lowest BCUT2D eigenvalue weighted by molar-refractivity contribution is 0.464. The molecule has 4 heteroatoms. The Morgan fingerprint density at radius 1 is 1.33 bits per heavy atom. The quantitative estimate of drug-likeness (QED) is 0.461. The van der Waals surface area contributed by atoms with Crippen molar-refractivity contribution in [3.8, 4) is 0 Å². The fraction of sp³-hybridized carbons (Fsp3) is 1.00. The lowest BCUT2D eigenvalue weighted by atomic mass is 11.3. The van der Waals surface area contributed by atoms with Crippen LogP contribution in [0.15, 0.2) is 0 Å². The van der Waals surface area contributed by atoms with Crippen LogP contribution in [-0.4, -0.2) is 18.8 Å². The molecule has 0 aliphatic heterocycles. The largest absolute Gasteiger partial charge is 0.398 e. The van der Waals surface area contributed by atoms with Gasteiger partial charge in [-0.1, -0.05) is 0 Å². The van der Waals surface area contributed by atoms with E-state index in [1.807, 2.05) is 0 Å². The fourth-order valence-electron chi connectivity index (χ4n) is 0. The smallest absolute Gasteiger partial charge is 0.218 e. The zero-order chi connectivity index (χ0) is 5.15. The lowest BCUT2D eigenvalue weighted by Crippen LogP contribution is -1.93. The molecule has 0 radical (unpaired) electrons. The second-order valence-electron chi connectivity index (χ2n) is 1.09. The van der Waals surface area contributed by atoms with Crippen LogP contribution in [0.2, 0.25) is 0 Å². The average Bonchev–Trinajstić information content (AvgIpc) is 1.36. The second-order valence-corrected chi connectivity index (χ2v) is 2.36.